The van der Waals surface area contributed by atoms with Crippen molar-refractivity contribution in [2.45, 2.75) is 6.92 Å². The van der Waals surface area contributed by atoms with Gasteiger partial charge in [0.15, 0.2) is 0 Å². The van der Waals surface area contributed by atoms with Crippen molar-refractivity contribution in [2.24, 2.45) is 0 Å². The van der Waals surface area contributed by atoms with Gasteiger partial charge < -0.3 is 16.2 Å². The van der Waals surface area contributed by atoms with E-state index in [9.17, 15) is 0 Å². The number of phenolic OH excluding ortho intramolecular Hbond substituents is 1. The molecule has 0 fully saturated rings. The molecule has 4 N–H and O–H groups in total. The highest BCUT2D eigenvalue weighted by Crippen LogP contribution is 2.23. The third kappa shape index (κ3) is 2.25. The van der Waals surface area contributed by atoms with Gasteiger partial charge in [0.25, 0.3) is 0 Å². The van der Waals surface area contributed by atoms with Gasteiger partial charge in [-0.1, -0.05) is 0 Å². The monoisotopic (exact) mass is 214 g/mol. The van der Waals surface area contributed by atoms with Crippen LogP contribution in [-0.2, 0) is 0 Å². The Morgan fingerprint density at radius 2 is 1.75 bits per heavy atom. The molecule has 0 aliphatic carbocycles. The molecule has 0 amide bonds. The summed E-state index contributed by atoms with van der Waals surface area (Å²) in [6.07, 6.45) is 0. The summed E-state index contributed by atoms with van der Waals surface area (Å²) in [4.78, 5) is 0. The molecule has 16 heavy (non-hydrogen) atoms. The Morgan fingerprint density at radius 1 is 1.06 bits per heavy atom. The van der Waals surface area contributed by atoms with Crippen molar-refractivity contribution in [3.63, 3.8) is 0 Å². The van der Waals surface area contributed by atoms with E-state index in [0.29, 0.717) is 0 Å². The minimum Gasteiger partial charge on any atom is -0.508 e. The van der Waals surface area contributed by atoms with Crippen molar-refractivity contribution >= 4 is 17.1 Å². The number of nitrogens with one attached hydrogen (secondary N) is 1. The highest BCUT2D eigenvalue weighted by Gasteiger charge is 1.99. The molecule has 0 aliphatic rings. The van der Waals surface area contributed by atoms with Crippen molar-refractivity contribution in [1.82, 2.24) is 0 Å². The van der Waals surface area contributed by atoms with Gasteiger partial charge in [0.2, 0.25) is 0 Å². The summed E-state index contributed by atoms with van der Waals surface area (Å²) in [5.41, 5.74) is 9.48. The number of aryl methyl sites for hydroxylation is 1. The van der Waals surface area contributed by atoms with Gasteiger partial charge in [0, 0.05) is 17.1 Å². The molecule has 0 radical (unpaired) electrons. The predicted octanol–water partition coefficient (Wildman–Crippen LogP) is 3.03. The lowest BCUT2D eigenvalue weighted by atomic mass is 10.1. The van der Waals surface area contributed by atoms with Crippen molar-refractivity contribution in [3.8, 4) is 5.75 Å². The fourth-order valence-electron chi connectivity index (χ4n) is 1.53. The predicted molar refractivity (Wildman–Crippen MR) is 67.0 cm³/mol. The largest absolute Gasteiger partial charge is 0.508 e. The lowest BCUT2D eigenvalue weighted by Gasteiger charge is -2.10. The molecule has 2 rings (SSSR count). The van der Waals surface area contributed by atoms with E-state index in [1.54, 1.807) is 12.1 Å². The number of anilines is 3. The Morgan fingerprint density at radius 3 is 2.38 bits per heavy atom. The molecule has 0 saturated carbocycles. The summed E-state index contributed by atoms with van der Waals surface area (Å²) in [6.45, 7) is 2.00. The van der Waals surface area contributed by atoms with Gasteiger partial charge in [-0.2, -0.15) is 0 Å². The van der Waals surface area contributed by atoms with Gasteiger partial charge in [-0.05, 0) is 55.0 Å². The second kappa shape index (κ2) is 4.14. The number of nitrogen functional groups attached to an aromatic ring is 1. The van der Waals surface area contributed by atoms with Crippen LogP contribution in [0.5, 0.6) is 5.75 Å². The van der Waals surface area contributed by atoms with Gasteiger partial charge in [-0.15, -0.1) is 0 Å². The van der Waals surface area contributed by atoms with Crippen LogP contribution in [0.2, 0.25) is 0 Å². The SMILES string of the molecule is Cc1cc(N)ccc1Nc1ccc(O)cc1. The Labute approximate surface area is 94.5 Å². The molecular formula is C13H14N2O. The number of phenols is 1. The standard InChI is InChI=1S/C13H14N2O/c1-9-8-10(14)2-7-13(9)15-11-3-5-12(16)6-4-11/h2-8,15-16H,14H2,1H3. The molecule has 82 valence electrons. The first-order valence-corrected chi connectivity index (χ1v) is 5.07. The van der Waals surface area contributed by atoms with Gasteiger partial charge in [-0.3, -0.25) is 0 Å². The molecule has 0 saturated heterocycles. The van der Waals surface area contributed by atoms with Crippen molar-refractivity contribution in [3.05, 3.63) is 48.0 Å². The second-order valence-corrected chi connectivity index (χ2v) is 3.75. The molecule has 0 aliphatic heterocycles. The highest BCUT2D eigenvalue weighted by atomic mass is 16.3. The van der Waals surface area contributed by atoms with E-state index in [4.69, 9.17) is 10.8 Å². The van der Waals surface area contributed by atoms with Crippen LogP contribution in [0.4, 0.5) is 17.1 Å². The molecule has 2 aromatic rings. The Hall–Kier alpha value is -2.16. The number of rotatable bonds is 2. The topological polar surface area (TPSA) is 58.3 Å². The van der Waals surface area contributed by atoms with Gasteiger partial charge >= 0.3 is 0 Å². The number of benzene rings is 2. The summed E-state index contributed by atoms with van der Waals surface area (Å²) < 4.78 is 0. The van der Waals surface area contributed by atoms with E-state index in [0.717, 1.165) is 22.6 Å². The highest BCUT2D eigenvalue weighted by molar-refractivity contribution is 5.66. The molecule has 0 heterocycles. The number of hydrogen-bond acceptors (Lipinski definition) is 3. The van der Waals surface area contributed by atoms with E-state index in [1.807, 2.05) is 37.3 Å². The summed E-state index contributed by atoms with van der Waals surface area (Å²) in [6, 6.07) is 12.7. The van der Waals surface area contributed by atoms with Crippen LogP contribution in [0.25, 0.3) is 0 Å². The van der Waals surface area contributed by atoms with E-state index in [1.165, 1.54) is 0 Å². The van der Waals surface area contributed by atoms with Crippen LogP contribution in [0, 0.1) is 6.92 Å². The first-order chi connectivity index (χ1) is 7.65. The molecule has 2 aromatic carbocycles. The second-order valence-electron chi connectivity index (χ2n) is 3.75. The Kier molecular flexibility index (Phi) is 2.68. The zero-order valence-electron chi connectivity index (χ0n) is 9.07. The first kappa shape index (κ1) is 10.4. The molecule has 0 spiro atoms. The lowest BCUT2D eigenvalue weighted by Crippen LogP contribution is -1.94. The third-order valence-electron chi connectivity index (χ3n) is 2.40. The van der Waals surface area contributed by atoms with Gasteiger partial charge in [0.1, 0.15) is 5.75 Å². The smallest absolute Gasteiger partial charge is 0.115 e. The average molecular weight is 214 g/mol. The lowest BCUT2D eigenvalue weighted by molar-refractivity contribution is 0.475. The van der Waals surface area contributed by atoms with Gasteiger partial charge in [0.05, 0.1) is 0 Å². The quantitative estimate of drug-likeness (QED) is 0.532. The van der Waals surface area contributed by atoms with E-state index >= 15 is 0 Å². The van der Waals surface area contributed by atoms with Crippen molar-refractivity contribution in [2.75, 3.05) is 11.1 Å². The summed E-state index contributed by atoms with van der Waals surface area (Å²) >= 11 is 0. The van der Waals surface area contributed by atoms with Crippen LogP contribution in [0.3, 0.4) is 0 Å². The number of hydrogen-bond donors (Lipinski definition) is 3. The van der Waals surface area contributed by atoms with Gasteiger partial charge in [-0.25, -0.2) is 0 Å². The first-order valence-electron chi connectivity index (χ1n) is 5.07. The Bertz CT molecular complexity index is 492. The fraction of sp³-hybridized carbons (Fsp3) is 0.0769. The van der Waals surface area contributed by atoms with E-state index in [2.05, 4.69) is 5.32 Å². The van der Waals surface area contributed by atoms with Crippen LogP contribution in [-0.4, -0.2) is 5.11 Å². The van der Waals surface area contributed by atoms with Crippen LogP contribution < -0.4 is 11.1 Å². The summed E-state index contributed by atoms with van der Waals surface area (Å²) in [5.74, 6) is 0.263. The minimum absolute atomic E-state index is 0.263. The minimum atomic E-state index is 0.263. The zero-order valence-corrected chi connectivity index (χ0v) is 9.07. The van der Waals surface area contributed by atoms with Crippen molar-refractivity contribution < 1.29 is 5.11 Å². The zero-order chi connectivity index (χ0) is 11.5. The van der Waals surface area contributed by atoms with E-state index in [-0.39, 0.29) is 5.75 Å². The normalized spacial score (nSPS) is 10.1. The molecule has 0 bridgehead atoms. The van der Waals surface area contributed by atoms with Crippen molar-refractivity contribution in [1.29, 1.82) is 0 Å². The summed E-state index contributed by atoms with van der Waals surface area (Å²) in [7, 11) is 0. The molecule has 3 heteroatoms. The third-order valence-corrected chi connectivity index (χ3v) is 2.40. The number of nitrogens with two attached hydrogens (primary N) is 1. The van der Waals surface area contributed by atoms with Crippen LogP contribution in [0.15, 0.2) is 42.5 Å². The summed E-state index contributed by atoms with van der Waals surface area (Å²) in [5, 5.41) is 12.4. The maximum absolute atomic E-state index is 9.17. The number of aromatic hydroxyl groups is 1. The molecule has 3 nitrogen and oxygen atoms in total. The maximum Gasteiger partial charge on any atom is 0.115 e. The molecular weight excluding hydrogens is 200 g/mol. The molecule has 0 aromatic heterocycles. The average Bonchev–Trinajstić information content (AvgIpc) is 2.25. The van der Waals surface area contributed by atoms with Crippen LogP contribution >= 0.6 is 0 Å². The molecule has 0 atom stereocenters. The van der Waals surface area contributed by atoms with Crippen LogP contribution in [0.1, 0.15) is 5.56 Å². The van der Waals surface area contributed by atoms with E-state index < -0.39 is 0 Å². The fourth-order valence-corrected chi connectivity index (χ4v) is 1.53. The maximum atomic E-state index is 9.17. The Balaban J connectivity index is 2.23. The molecule has 0 unspecified atom stereocenters.